The molecule has 0 aliphatic carbocycles. The van der Waals surface area contributed by atoms with E-state index in [1.807, 2.05) is 38.3 Å². The lowest BCUT2D eigenvalue weighted by molar-refractivity contribution is 0.211. The van der Waals surface area contributed by atoms with Gasteiger partial charge in [0, 0.05) is 62.5 Å². The molecule has 0 spiro atoms. The van der Waals surface area contributed by atoms with E-state index >= 15 is 8.78 Å². The molecule has 3 aromatic heterocycles. The molecule has 1 fully saturated rings. The molecule has 6 rings (SSSR count). The molecular formula is C32H38F2N8. The summed E-state index contributed by atoms with van der Waals surface area (Å²) in [6.45, 7) is 16.3. The molecule has 0 amide bonds. The first-order valence-electron chi connectivity index (χ1n) is 14.7. The minimum absolute atomic E-state index is 0.0146. The summed E-state index contributed by atoms with van der Waals surface area (Å²) in [7, 11) is 0. The predicted octanol–water partition coefficient (Wildman–Crippen LogP) is 5.98. The number of rotatable bonds is 6. The zero-order chi connectivity index (χ0) is 29.6. The van der Waals surface area contributed by atoms with Crippen LogP contribution in [0.5, 0.6) is 0 Å². The van der Waals surface area contributed by atoms with Crippen molar-refractivity contribution in [3.05, 3.63) is 70.8 Å². The Kier molecular flexibility index (Phi) is 7.53. The van der Waals surface area contributed by atoms with Crippen molar-refractivity contribution in [2.24, 2.45) is 0 Å². The van der Waals surface area contributed by atoms with Gasteiger partial charge in [0.1, 0.15) is 22.9 Å². The number of fused-ring (bicyclic) bond motifs is 2. The molecule has 5 heterocycles. The minimum Gasteiger partial charge on any atom is -0.323 e. The van der Waals surface area contributed by atoms with Crippen LogP contribution in [0, 0.1) is 18.6 Å². The van der Waals surface area contributed by atoms with Crippen LogP contribution in [0.3, 0.4) is 0 Å². The standard InChI is InChI=1S/C32H38F2N8/c1-6-21-9-11-40(18-21)13-14-41-12-10-26-22(19-41)7-8-28(37-26)38-31-35-17-25(34)29(39-31)23-15-24(33)30-27(16-23)42(20(2)36-30)32(3,4)5/h6-8,15-17H,9-14,18-19H2,1-5H3,(H,35,37,38,39)/b21-6+. The molecule has 0 atom stereocenters. The molecule has 1 N–H and O–H groups in total. The number of aryl methyl sites for hydroxylation is 1. The summed E-state index contributed by atoms with van der Waals surface area (Å²) in [5.41, 5.74) is 4.66. The van der Waals surface area contributed by atoms with Gasteiger partial charge in [-0.3, -0.25) is 9.80 Å². The molecule has 4 aromatic rings. The number of anilines is 2. The van der Waals surface area contributed by atoms with E-state index in [1.165, 1.54) is 23.6 Å². The minimum atomic E-state index is -0.632. The van der Waals surface area contributed by atoms with Crippen molar-refractivity contribution in [2.45, 2.75) is 59.5 Å². The lowest BCUT2D eigenvalue weighted by atomic mass is 10.1. The first kappa shape index (κ1) is 28.4. The third-order valence-electron chi connectivity index (χ3n) is 8.25. The number of imidazole rings is 1. The highest BCUT2D eigenvalue weighted by Gasteiger charge is 2.24. The highest BCUT2D eigenvalue weighted by Crippen LogP contribution is 2.32. The van der Waals surface area contributed by atoms with E-state index in [0.717, 1.165) is 57.6 Å². The Morgan fingerprint density at radius 1 is 0.952 bits per heavy atom. The molecule has 0 radical (unpaired) electrons. The van der Waals surface area contributed by atoms with Crippen molar-refractivity contribution >= 4 is 22.8 Å². The van der Waals surface area contributed by atoms with Crippen molar-refractivity contribution in [1.29, 1.82) is 0 Å². The van der Waals surface area contributed by atoms with Crippen LogP contribution in [-0.4, -0.2) is 67.0 Å². The second kappa shape index (κ2) is 11.1. The van der Waals surface area contributed by atoms with Crippen LogP contribution >= 0.6 is 0 Å². The largest absolute Gasteiger partial charge is 0.323 e. The number of aromatic nitrogens is 5. The monoisotopic (exact) mass is 572 g/mol. The van der Waals surface area contributed by atoms with Crippen LogP contribution in [-0.2, 0) is 18.5 Å². The number of hydrogen-bond donors (Lipinski definition) is 1. The van der Waals surface area contributed by atoms with Gasteiger partial charge in [-0.25, -0.2) is 28.7 Å². The number of halogens is 2. The predicted molar refractivity (Wildman–Crippen MR) is 162 cm³/mol. The highest BCUT2D eigenvalue weighted by atomic mass is 19.1. The fourth-order valence-electron chi connectivity index (χ4n) is 6.17. The van der Waals surface area contributed by atoms with Crippen molar-refractivity contribution in [1.82, 2.24) is 34.3 Å². The zero-order valence-electron chi connectivity index (χ0n) is 25.0. The Hall–Kier alpha value is -3.76. The van der Waals surface area contributed by atoms with Crippen LogP contribution in [0.1, 0.15) is 51.2 Å². The summed E-state index contributed by atoms with van der Waals surface area (Å²) in [6, 6.07) is 7.02. The lowest BCUT2D eigenvalue weighted by Crippen LogP contribution is -2.37. The molecule has 220 valence electrons. The highest BCUT2D eigenvalue weighted by molar-refractivity contribution is 5.83. The Bertz CT molecular complexity index is 1670. The summed E-state index contributed by atoms with van der Waals surface area (Å²) < 4.78 is 32.1. The fraction of sp³-hybridized carbons (Fsp3) is 0.438. The van der Waals surface area contributed by atoms with Gasteiger partial charge in [0.2, 0.25) is 5.95 Å². The van der Waals surface area contributed by atoms with E-state index < -0.39 is 11.6 Å². The third kappa shape index (κ3) is 5.65. The van der Waals surface area contributed by atoms with Crippen molar-refractivity contribution < 1.29 is 8.78 Å². The molecular weight excluding hydrogens is 534 g/mol. The SMILES string of the molecule is C/C=C1\CCN(CCN2CCc3nc(Nc4ncc(F)c(-c5cc(F)c6nc(C)n(C(C)(C)C)c6c5)n4)ccc3C2)C1. The second-order valence-corrected chi connectivity index (χ2v) is 12.3. The average molecular weight is 573 g/mol. The molecule has 1 aromatic carbocycles. The van der Waals surface area contributed by atoms with Crippen LogP contribution in [0.4, 0.5) is 20.5 Å². The number of likely N-dealkylation sites (tertiary alicyclic amines) is 1. The van der Waals surface area contributed by atoms with E-state index in [-0.39, 0.29) is 22.7 Å². The normalized spacial score (nSPS) is 17.4. The third-order valence-corrected chi connectivity index (χ3v) is 8.25. The molecule has 2 aliphatic heterocycles. The van der Waals surface area contributed by atoms with Crippen LogP contribution in [0.15, 0.2) is 42.1 Å². The van der Waals surface area contributed by atoms with Crippen molar-refractivity contribution in [3.8, 4) is 11.3 Å². The van der Waals surface area contributed by atoms with Gasteiger partial charge in [-0.1, -0.05) is 17.7 Å². The van der Waals surface area contributed by atoms with Gasteiger partial charge in [-0.05, 0) is 64.8 Å². The molecule has 2 aliphatic rings. The maximum atomic E-state index is 15.2. The average Bonchev–Trinajstić information content (AvgIpc) is 3.56. The number of benzene rings is 1. The fourth-order valence-corrected chi connectivity index (χ4v) is 6.17. The van der Waals surface area contributed by atoms with Crippen molar-refractivity contribution in [3.63, 3.8) is 0 Å². The number of nitrogens with zero attached hydrogens (tertiary/aromatic N) is 7. The van der Waals surface area contributed by atoms with Crippen LogP contribution in [0.2, 0.25) is 0 Å². The number of hydrogen-bond acceptors (Lipinski definition) is 7. The summed E-state index contributed by atoms with van der Waals surface area (Å²) in [5, 5.41) is 3.13. The zero-order valence-corrected chi connectivity index (χ0v) is 25.0. The first-order chi connectivity index (χ1) is 20.1. The molecule has 0 saturated carbocycles. The summed E-state index contributed by atoms with van der Waals surface area (Å²) >= 11 is 0. The Balaban J connectivity index is 1.19. The van der Waals surface area contributed by atoms with E-state index in [1.54, 1.807) is 6.07 Å². The molecule has 8 nitrogen and oxygen atoms in total. The maximum Gasteiger partial charge on any atom is 0.229 e. The molecule has 42 heavy (non-hydrogen) atoms. The smallest absolute Gasteiger partial charge is 0.229 e. The van der Waals surface area contributed by atoms with Crippen LogP contribution < -0.4 is 5.32 Å². The Labute approximate surface area is 245 Å². The maximum absolute atomic E-state index is 15.2. The van der Waals surface area contributed by atoms with E-state index in [2.05, 4.69) is 49.1 Å². The molecule has 0 unspecified atom stereocenters. The van der Waals surface area contributed by atoms with Gasteiger partial charge < -0.3 is 9.88 Å². The Morgan fingerprint density at radius 3 is 2.45 bits per heavy atom. The number of allylic oxidation sites excluding steroid dienone is 1. The molecule has 10 heteroatoms. The van der Waals surface area contributed by atoms with E-state index in [0.29, 0.717) is 22.7 Å². The molecule has 0 bridgehead atoms. The van der Waals surface area contributed by atoms with Crippen LogP contribution in [0.25, 0.3) is 22.3 Å². The number of pyridine rings is 1. The van der Waals surface area contributed by atoms with Gasteiger partial charge >= 0.3 is 0 Å². The van der Waals surface area contributed by atoms with Gasteiger partial charge in [0.25, 0.3) is 0 Å². The second-order valence-electron chi connectivity index (χ2n) is 12.3. The van der Waals surface area contributed by atoms with E-state index in [4.69, 9.17) is 4.98 Å². The number of nitrogens with one attached hydrogen (secondary N) is 1. The molecule has 1 saturated heterocycles. The van der Waals surface area contributed by atoms with Gasteiger partial charge in [-0.15, -0.1) is 0 Å². The summed E-state index contributed by atoms with van der Waals surface area (Å²) in [4.78, 5) is 22.8. The first-order valence-corrected chi connectivity index (χ1v) is 14.7. The summed E-state index contributed by atoms with van der Waals surface area (Å²) in [6.07, 6.45) is 5.40. The Morgan fingerprint density at radius 2 is 1.71 bits per heavy atom. The van der Waals surface area contributed by atoms with Gasteiger partial charge in [0.05, 0.1) is 11.7 Å². The van der Waals surface area contributed by atoms with Crippen molar-refractivity contribution in [2.75, 3.05) is 38.0 Å². The van der Waals surface area contributed by atoms with E-state index in [9.17, 15) is 0 Å². The lowest BCUT2D eigenvalue weighted by Gasteiger charge is -2.29. The summed E-state index contributed by atoms with van der Waals surface area (Å²) in [5.74, 6) is 0.333. The quantitative estimate of drug-likeness (QED) is 0.285. The topological polar surface area (TPSA) is 75.0 Å². The van der Waals surface area contributed by atoms with Gasteiger partial charge in [-0.2, -0.15) is 0 Å². The van der Waals surface area contributed by atoms with Gasteiger partial charge in [0.15, 0.2) is 11.6 Å².